The van der Waals surface area contributed by atoms with E-state index >= 15 is 0 Å². The number of unbranched alkanes of at least 4 members (excludes halogenated alkanes) is 1. The van der Waals surface area contributed by atoms with Gasteiger partial charge in [0.15, 0.2) is 0 Å². The van der Waals surface area contributed by atoms with Gasteiger partial charge in [-0.2, -0.15) is 0 Å². The quantitative estimate of drug-likeness (QED) is 0.830. The molecule has 1 aliphatic carbocycles. The minimum atomic E-state index is 0.517. The monoisotopic (exact) mass is 292 g/mol. The predicted molar refractivity (Wildman–Crippen MR) is 87.0 cm³/mol. The zero-order chi connectivity index (χ0) is 15.2. The highest BCUT2D eigenvalue weighted by atomic mass is 15.4. The van der Waals surface area contributed by atoms with Crippen LogP contribution in [0.3, 0.4) is 0 Å². The number of hydrogen-bond donors (Lipinski definition) is 1. The van der Waals surface area contributed by atoms with Crippen LogP contribution < -0.4 is 5.73 Å². The maximum Gasteiger partial charge on any atom is 0.0997 e. The molecule has 2 N–H and O–H groups in total. The van der Waals surface area contributed by atoms with Crippen molar-refractivity contribution in [2.45, 2.75) is 84.7 Å². The second-order valence-corrected chi connectivity index (χ2v) is 7.06. The van der Waals surface area contributed by atoms with E-state index in [4.69, 9.17) is 5.73 Å². The third kappa shape index (κ3) is 4.29. The molecule has 2 rings (SSSR count). The zero-order valence-electron chi connectivity index (χ0n) is 14.0. The second kappa shape index (κ2) is 7.92. The Balaban J connectivity index is 2.03. The second-order valence-electron chi connectivity index (χ2n) is 7.06. The number of hydrogen-bond acceptors (Lipinski definition) is 3. The smallest absolute Gasteiger partial charge is 0.0997 e. The molecule has 0 spiro atoms. The molecule has 1 aromatic rings. The molecule has 120 valence electrons. The van der Waals surface area contributed by atoms with Crippen molar-refractivity contribution in [2.24, 2.45) is 17.6 Å². The molecule has 1 heterocycles. The Bertz CT molecular complexity index is 416. The summed E-state index contributed by atoms with van der Waals surface area (Å²) in [5, 5.41) is 8.68. The van der Waals surface area contributed by atoms with Crippen LogP contribution in [0.4, 0.5) is 0 Å². The van der Waals surface area contributed by atoms with E-state index in [1.807, 2.05) is 0 Å². The van der Waals surface area contributed by atoms with Gasteiger partial charge >= 0.3 is 0 Å². The molecule has 1 fully saturated rings. The first-order chi connectivity index (χ1) is 10.2. The summed E-state index contributed by atoms with van der Waals surface area (Å²) in [6.07, 6.45) is 9.41. The fraction of sp³-hybridized carbons (Fsp3) is 0.882. The van der Waals surface area contributed by atoms with Gasteiger partial charge in [-0.25, -0.2) is 4.68 Å². The van der Waals surface area contributed by atoms with Crippen LogP contribution in [-0.2, 0) is 13.1 Å². The molecule has 0 saturated heterocycles. The van der Waals surface area contributed by atoms with Gasteiger partial charge in [-0.3, -0.25) is 0 Å². The minimum absolute atomic E-state index is 0.517. The van der Waals surface area contributed by atoms with E-state index in [1.165, 1.54) is 50.6 Å². The lowest BCUT2D eigenvalue weighted by Gasteiger charge is -2.29. The van der Waals surface area contributed by atoms with Gasteiger partial charge in [0.1, 0.15) is 0 Å². The minimum Gasteiger partial charge on any atom is -0.325 e. The largest absolute Gasteiger partial charge is 0.325 e. The van der Waals surface area contributed by atoms with Crippen molar-refractivity contribution in [2.75, 3.05) is 0 Å². The molecule has 0 amide bonds. The van der Waals surface area contributed by atoms with Crippen molar-refractivity contribution in [3.05, 3.63) is 11.4 Å². The lowest BCUT2D eigenvalue weighted by atomic mass is 9.78. The molecule has 4 heteroatoms. The van der Waals surface area contributed by atoms with Gasteiger partial charge in [0.2, 0.25) is 0 Å². The van der Waals surface area contributed by atoms with Crippen LogP contribution in [0.15, 0.2) is 0 Å². The van der Waals surface area contributed by atoms with Crippen LogP contribution in [-0.4, -0.2) is 15.0 Å². The van der Waals surface area contributed by atoms with Crippen LogP contribution in [0.1, 0.15) is 83.0 Å². The molecule has 0 radical (unpaired) electrons. The van der Waals surface area contributed by atoms with E-state index in [0.717, 1.165) is 18.2 Å². The van der Waals surface area contributed by atoms with E-state index in [1.54, 1.807) is 0 Å². The van der Waals surface area contributed by atoms with Crippen LogP contribution in [0.5, 0.6) is 0 Å². The summed E-state index contributed by atoms with van der Waals surface area (Å²) in [4.78, 5) is 0. The number of aromatic nitrogens is 3. The first-order valence-corrected chi connectivity index (χ1v) is 8.78. The molecular formula is C17H32N4. The predicted octanol–water partition coefficient (Wildman–Crippen LogP) is 3.86. The Morgan fingerprint density at radius 1 is 1.24 bits per heavy atom. The maximum atomic E-state index is 5.88. The number of rotatable bonds is 7. The van der Waals surface area contributed by atoms with E-state index in [2.05, 4.69) is 35.8 Å². The Morgan fingerprint density at radius 3 is 2.52 bits per heavy atom. The zero-order valence-corrected chi connectivity index (χ0v) is 14.0. The van der Waals surface area contributed by atoms with Gasteiger partial charge in [0.05, 0.1) is 11.4 Å². The molecule has 0 aliphatic heterocycles. The standard InChI is InChI=1S/C17H32N4/c1-4-5-6-14-7-9-15(10-8-14)17-16(11-18)19-20-21(17)12-13(2)3/h13-15H,4-12,18H2,1-3H3. The molecule has 21 heavy (non-hydrogen) atoms. The fourth-order valence-electron chi connectivity index (χ4n) is 3.65. The van der Waals surface area contributed by atoms with Gasteiger partial charge in [-0.05, 0) is 37.5 Å². The average molecular weight is 292 g/mol. The summed E-state index contributed by atoms with van der Waals surface area (Å²) in [7, 11) is 0. The lowest BCUT2D eigenvalue weighted by Crippen LogP contribution is -2.20. The molecule has 0 aromatic carbocycles. The van der Waals surface area contributed by atoms with Crippen molar-refractivity contribution in [3.63, 3.8) is 0 Å². The van der Waals surface area contributed by atoms with Crippen molar-refractivity contribution in [1.29, 1.82) is 0 Å². The third-order valence-corrected chi connectivity index (χ3v) is 4.78. The normalized spacial score (nSPS) is 22.9. The SMILES string of the molecule is CCCCC1CCC(c2c(CN)nnn2CC(C)C)CC1. The van der Waals surface area contributed by atoms with E-state index < -0.39 is 0 Å². The molecule has 4 nitrogen and oxygen atoms in total. The van der Waals surface area contributed by atoms with Crippen molar-refractivity contribution in [3.8, 4) is 0 Å². The Hall–Kier alpha value is -0.900. The van der Waals surface area contributed by atoms with Crippen LogP contribution >= 0.6 is 0 Å². The summed E-state index contributed by atoms with van der Waals surface area (Å²) in [5.74, 6) is 2.16. The summed E-state index contributed by atoms with van der Waals surface area (Å²) < 4.78 is 2.13. The summed E-state index contributed by atoms with van der Waals surface area (Å²) in [6.45, 7) is 8.22. The number of nitrogens with two attached hydrogens (primary N) is 1. The molecule has 0 atom stereocenters. The third-order valence-electron chi connectivity index (χ3n) is 4.78. The lowest BCUT2D eigenvalue weighted by molar-refractivity contribution is 0.292. The molecular weight excluding hydrogens is 260 g/mol. The summed E-state index contributed by atoms with van der Waals surface area (Å²) in [6, 6.07) is 0. The highest BCUT2D eigenvalue weighted by molar-refractivity contribution is 5.16. The van der Waals surface area contributed by atoms with E-state index in [0.29, 0.717) is 18.4 Å². The van der Waals surface area contributed by atoms with Gasteiger partial charge in [0, 0.05) is 19.0 Å². The molecule has 0 unspecified atom stereocenters. The molecule has 1 aromatic heterocycles. The molecule has 1 saturated carbocycles. The van der Waals surface area contributed by atoms with Gasteiger partial charge in [0.25, 0.3) is 0 Å². The Morgan fingerprint density at radius 2 is 1.95 bits per heavy atom. The highest BCUT2D eigenvalue weighted by Crippen LogP contribution is 2.38. The van der Waals surface area contributed by atoms with Crippen molar-refractivity contribution in [1.82, 2.24) is 15.0 Å². The van der Waals surface area contributed by atoms with Gasteiger partial charge in [-0.1, -0.05) is 45.2 Å². The first kappa shape index (κ1) is 16.5. The summed E-state index contributed by atoms with van der Waals surface area (Å²) >= 11 is 0. The van der Waals surface area contributed by atoms with E-state index in [9.17, 15) is 0 Å². The Kier molecular flexibility index (Phi) is 6.22. The number of nitrogens with zero attached hydrogens (tertiary/aromatic N) is 3. The van der Waals surface area contributed by atoms with Crippen molar-refractivity contribution < 1.29 is 0 Å². The maximum absolute atomic E-state index is 5.88. The molecule has 0 bridgehead atoms. The van der Waals surface area contributed by atoms with Crippen LogP contribution in [0.25, 0.3) is 0 Å². The van der Waals surface area contributed by atoms with Gasteiger partial charge in [-0.15, -0.1) is 5.10 Å². The topological polar surface area (TPSA) is 56.7 Å². The Labute approximate surface area is 129 Å². The van der Waals surface area contributed by atoms with Crippen LogP contribution in [0, 0.1) is 11.8 Å². The molecule has 1 aliphatic rings. The van der Waals surface area contributed by atoms with Crippen molar-refractivity contribution >= 4 is 0 Å². The van der Waals surface area contributed by atoms with Crippen LogP contribution in [0.2, 0.25) is 0 Å². The van der Waals surface area contributed by atoms with E-state index in [-0.39, 0.29) is 0 Å². The summed E-state index contributed by atoms with van der Waals surface area (Å²) in [5.41, 5.74) is 8.23. The van der Waals surface area contributed by atoms with Gasteiger partial charge < -0.3 is 5.73 Å². The average Bonchev–Trinajstić information content (AvgIpc) is 2.87. The highest BCUT2D eigenvalue weighted by Gasteiger charge is 2.27. The first-order valence-electron chi connectivity index (χ1n) is 8.78. The fourth-order valence-corrected chi connectivity index (χ4v) is 3.65.